The van der Waals surface area contributed by atoms with E-state index < -0.39 is 5.79 Å². The van der Waals surface area contributed by atoms with Crippen LogP contribution in [0, 0.1) is 12.8 Å². The van der Waals surface area contributed by atoms with Gasteiger partial charge in [0.05, 0.1) is 13.2 Å². The number of carbonyl (C=O) groups excluding carboxylic acids is 1. The second-order valence-corrected chi connectivity index (χ2v) is 9.31. The van der Waals surface area contributed by atoms with Crippen LogP contribution in [0.4, 0.5) is 0 Å². The summed E-state index contributed by atoms with van der Waals surface area (Å²) in [6.45, 7) is 11.3. The third kappa shape index (κ3) is 3.90. The molecule has 0 saturated carbocycles. The van der Waals surface area contributed by atoms with Crippen molar-refractivity contribution >= 4 is 16.8 Å². The molecule has 6 heteroatoms. The molecule has 0 N–H and O–H groups in total. The lowest BCUT2D eigenvalue weighted by Crippen LogP contribution is -2.50. The van der Waals surface area contributed by atoms with Crippen LogP contribution >= 0.6 is 0 Å². The second-order valence-electron chi connectivity index (χ2n) is 9.31. The van der Waals surface area contributed by atoms with E-state index in [1.54, 1.807) is 0 Å². The number of aromatic nitrogens is 1. The summed E-state index contributed by atoms with van der Waals surface area (Å²) in [5, 5.41) is 1.37. The lowest BCUT2D eigenvalue weighted by molar-refractivity contribution is -0.188. The fourth-order valence-electron chi connectivity index (χ4n) is 5.78. The maximum atomic E-state index is 13.1. The Labute approximate surface area is 185 Å². The smallest absolute Gasteiger partial charge is 0.225 e. The molecule has 2 aromatic rings. The molecule has 3 fully saturated rings. The van der Waals surface area contributed by atoms with E-state index in [0.717, 1.165) is 65.0 Å². The van der Waals surface area contributed by atoms with Crippen LogP contribution in [0.2, 0.25) is 0 Å². The van der Waals surface area contributed by atoms with Crippen LogP contribution in [-0.2, 0) is 27.4 Å². The van der Waals surface area contributed by atoms with E-state index in [9.17, 15) is 4.79 Å². The van der Waals surface area contributed by atoms with E-state index in [1.807, 2.05) is 0 Å². The van der Waals surface area contributed by atoms with Gasteiger partial charge in [-0.2, -0.15) is 0 Å². The number of fused-ring (bicyclic) bond motifs is 1. The van der Waals surface area contributed by atoms with Gasteiger partial charge in [0.1, 0.15) is 0 Å². The molecular weight excluding hydrogens is 390 g/mol. The molecule has 31 heavy (non-hydrogen) atoms. The minimum Gasteiger partial charge on any atom is -0.347 e. The fraction of sp³-hybridized carbons (Fsp3) is 0.640. The van der Waals surface area contributed by atoms with Gasteiger partial charge >= 0.3 is 0 Å². The van der Waals surface area contributed by atoms with E-state index in [2.05, 4.69) is 52.5 Å². The minimum atomic E-state index is -0.407. The van der Waals surface area contributed by atoms with Gasteiger partial charge in [-0.1, -0.05) is 18.2 Å². The van der Waals surface area contributed by atoms with Crippen molar-refractivity contribution in [3.63, 3.8) is 0 Å². The topological polar surface area (TPSA) is 46.9 Å². The highest BCUT2D eigenvalue weighted by atomic mass is 16.7. The molecule has 168 valence electrons. The van der Waals surface area contributed by atoms with Gasteiger partial charge in [0.25, 0.3) is 0 Å². The largest absolute Gasteiger partial charge is 0.347 e. The second kappa shape index (κ2) is 8.57. The lowest BCUT2D eigenvalue weighted by atomic mass is 9.93. The molecule has 1 aromatic carbocycles. The Hall–Kier alpha value is -1.89. The molecule has 5 rings (SSSR count). The first-order valence-electron chi connectivity index (χ1n) is 12.0. The van der Waals surface area contributed by atoms with Crippen molar-refractivity contribution in [2.75, 3.05) is 39.4 Å². The predicted molar refractivity (Wildman–Crippen MR) is 121 cm³/mol. The number of benzene rings is 1. The van der Waals surface area contributed by atoms with Crippen LogP contribution in [0.25, 0.3) is 10.9 Å². The van der Waals surface area contributed by atoms with Crippen molar-refractivity contribution in [2.45, 2.75) is 58.4 Å². The van der Waals surface area contributed by atoms with Gasteiger partial charge < -0.3 is 18.9 Å². The van der Waals surface area contributed by atoms with E-state index in [1.165, 1.54) is 22.2 Å². The van der Waals surface area contributed by atoms with Crippen molar-refractivity contribution in [1.82, 2.24) is 14.4 Å². The monoisotopic (exact) mass is 425 g/mol. The highest BCUT2D eigenvalue weighted by molar-refractivity contribution is 5.85. The SMILES string of the molecule is CCn1c(C)c(CN2CCC(C(=O)N3CCC4(CC3)OCCO4)CC2)c2ccccc21. The van der Waals surface area contributed by atoms with Crippen LogP contribution in [0.3, 0.4) is 0 Å². The standard InChI is InChI=1S/C25H35N3O3/c1-3-28-19(2)22(21-6-4-5-7-23(21)28)18-26-12-8-20(9-13-26)24(29)27-14-10-25(11-15-27)30-16-17-31-25/h4-7,20H,3,8-18H2,1-2H3. The zero-order valence-electron chi connectivity index (χ0n) is 18.9. The number of likely N-dealkylation sites (tertiary alicyclic amines) is 2. The molecule has 0 atom stereocenters. The molecule has 4 heterocycles. The highest BCUT2D eigenvalue weighted by Gasteiger charge is 2.41. The Morgan fingerprint density at radius 3 is 2.42 bits per heavy atom. The summed E-state index contributed by atoms with van der Waals surface area (Å²) in [5.74, 6) is 0.0930. The van der Waals surface area contributed by atoms with Gasteiger partial charge in [-0.25, -0.2) is 0 Å². The van der Waals surface area contributed by atoms with Crippen molar-refractivity contribution in [1.29, 1.82) is 0 Å². The van der Waals surface area contributed by atoms with Crippen LogP contribution in [0.5, 0.6) is 0 Å². The first-order valence-corrected chi connectivity index (χ1v) is 12.0. The van der Waals surface area contributed by atoms with Gasteiger partial charge in [0.15, 0.2) is 5.79 Å². The van der Waals surface area contributed by atoms with E-state index in [4.69, 9.17) is 9.47 Å². The summed E-state index contributed by atoms with van der Waals surface area (Å²) >= 11 is 0. The Morgan fingerprint density at radius 2 is 1.74 bits per heavy atom. The predicted octanol–water partition coefficient (Wildman–Crippen LogP) is 3.55. The Balaban J connectivity index is 1.18. The Kier molecular flexibility index (Phi) is 5.80. The number of para-hydroxylation sites is 1. The summed E-state index contributed by atoms with van der Waals surface area (Å²) in [7, 11) is 0. The first kappa shape index (κ1) is 21.0. The van der Waals surface area contributed by atoms with Crippen LogP contribution in [-0.4, -0.2) is 65.5 Å². The Bertz CT molecular complexity index is 929. The van der Waals surface area contributed by atoms with E-state index in [-0.39, 0.29) is 5.92 Å². The number of carbonyl (C=O) groups is 1. The van der Waals surface area contributed by atoms with Gasteiger partial charge in [-0.3, -0.25) is 9.69 Å². The molecule has 0 bridgehead atoms. The number of nitrogens with zero attached hydrogens (tertiary/aromatic N) is 3. The van der Waals surface area contributed by atoms with Crippen LogP contribution in [0.15, 0.2) is 24.3 Å². The quantitative estimate of drug-likeness (QED) is 0.752. The van der Waals surface area contributed by atoms with E-state index >= 15 is 0 Å². The van der Waals surface area contributed by atoms with E-state index in [0.29, 0.717) is 19.1 Å². The van der Waals surface area contributed by atoms with Crippen molar-refractivity contribution < 1.29 is 14.3 Å². The molecule has 1 amide bonds. The maximum absolute atomic E-state index is 13.1. The van der Waals surface area contributed by atoms with Crippen molar-refractivity contribution in [2.24, 2.45) is 5.92 Å². The average Bonchev–Trinajstić information content (AvgIpc) is 3.37. The van der Waals surface area contributed by atoms with Gasteiger partial charge in [-0.05, 0) is 51.4 Å². The number of piperidine rings is 2. The summed E-state index contributed by atoms with van der Waals surface area (Å²) in [4.78, 5) is 17.7. The summed E-state index contributed by atoms with van der Waals surface area (Å²) in [6.07, 6.45) is 3.52. The van der Waals surface area contributed by atoms with Gasteiger partial charge in [0.2, 0.25) is 5.91 Å². The minimum absolute atomic E-state index is 0.161. The molecule has 0 radical (unpaired) electrons. The number of hydrogen-bond acceptors (Lipinski definition) is 4. The average molecular weight is 426 g/mol. The van der Waals surface area contributed by atoms with Gasteiger partial charge in [-0.15, -0.1) is 0 Å². The summed E-state index contributed by atoms with van der Waals surface area (Å²) in [6, 6.07) is 8.74. The third-order valence-electron chi connectivity index (χ3n) is 7.65. The van der Waals surface area contributed by atoms with Crippen LogP contribution in [0.1, 0.15) is 43.9 Å². The number of hydrogen-bond donors (Lipinski definition) is 0. The normalized spacial score (nSPS) is 22.6. The zero-order valence-corrected chi connectivity index (χ0v) is 18.9. The first-order chi connectivity index (χ1) is 15.1. The maximum Gasteiger partial charge on any atom is 0.225 e. The summed E-state index contributed by atoms with van der Waals surface area (Å²) in [5.41, 5.74) is 4.15. The molecule has 6 nitrogen and oxygen atoms in total. The van der Waals surface area contributed by atoms with Crippen molar-refractivity contribution in [3.8, 4) is 0 Å². The molecule has 1 aromatic heterocycles. The zero-order chi connectivity index (χ0) is 21.4. The third-order valence-corrected chi connectivity index (χ3v) is 7.65. The Morgan fingerprint density at radius 1 is 1.06 bits per heavy atom. The lowest BCUT2D eigenvalue weighted by Gasteiger charge is -2.40. The number of amides is 1. The highest BCUT2D eigenvalue weighted by Crippen LogP contribution is 2.33. The fourth-order valence-corrected chi connectivity index (χ4v) is 5.78. The molecule has 0 unspecified atom stereocenters. The summed E-state index contributed by atoms with van der Waals surface area (Å²) < 4.78 is 14.0. The van der Waals surface area contributed by atoms with Crippen LogP contribution < -0.4 is 0 Å². The van der Waals surface area contributed by atoms with Gasteiger partial charge in [0, 0.05) is 61.5 Å². The molecule has 1 spiro atoms. The number of ether oxygens (including phenoxy) is 2. The molecular formula is C25H35N3O3. The number of rotatable bonds is 4. The molecule has 3 aliphatic rings. The molecule has 3 aliphatic heterocycles. The molecule has 3 saturated heterocycles. The number of aryl methyl sites for hydroxylation is 1. The molecule has 0 aliphatic carbocycles. The van der Waals surface area contributed by atoms with Crippen molar-refractivity contribution in [3.05, 3.63) is 35.5 Å².